The summed E-state index contributed by atoms with van der Waals surface area (Å²) in [6, 6.07) is 0.219. The first kappa shape index (κ1) is 11.9. The molecule has 0 aliphatic carbocycles. The zero-order chi connectivity index (χ0) is 9.40. The van der Waals surface area contributed by atoms with E-state index in [1.165, 1.54) is 12.8 Å². The molecule has 0 aromatic carbocycles. The zero-order valence-corrected chi connectivity index (χ0v) is 8.68. The molecule has 0 spiro atoms. The third kappa shape index (κ3) is 5.56. The number of nitrogens with two attached hydrogens (primary N) is 1. The summed E-state index contributed by atoms with van der Waals surface area (Å²) in [7, 11) is 0. The second kappa shape index (κ2) is 7.56. The highest BCUT2D eigenvalue weighted by molar-refractivity contribution is 4.67. The maximum Gasteiger partial charge on any atom is 0.0620 e. The molecule has 2 atom stereocenters. The minimum Gasteiger partial charge on any atom is -0.380 e. The smallest absolute Gasteiger partial charge is 0.0620 e. The first-order chi connectivity index (χ1) is 5.72. The maximum atomic E-state index is 5.92. The predicted molar refractivity (Wildman–Crippen MR) is 53.2 cm³/mol. The predicted octanol–water partition coefficient (Wildman–Crippen LogP) is 2.18. The summed E-state index contributed by atoms with van der Waals surface area (Å²) < 4.78 is 5.39. The molecule has 0 saturated carbocycles. The van der Waals surface area contributed by atoms with Crippen LogP contribution in [0.4, 0.5) is 0 Å². The lowest BCUT2D eigenvalue weighted by Crippen LogP contribution is -2.33. The Morgan fingerprint density at radius 1 is 1.25 bits per heavy atom. The van der Waals surface area contributed by atoms with Crippen molar-refractivity contribution in [3.63, 3.8) is 0 Å². The van der Waals surface area contributed by atoms with Crippen molar-refractivity contribution in [3.8, 4) is 0 Å². The summed E-state index contributed by atoms with van der Waals surface area (Å²) in [5.74, 6) is 0.590. The van der Waals surface area contributed by atoms with Gasteiger partial charge in [-0.25, -0.2) is 0 Å². The molecule has 0 bridgehead atoms. The van der Waals surface area contributed by atoms with Gasteiger partial charge in [0, 0.05) is 12.6 Å². The number of ether oxygens (including phenoxy) is 1. The lowest BCUT2D eigenvalue weighted by atomic mass is 9.98. The van der Waals surface area contributed by atoms with Gasteiger partial charge in [-0.05, 0) is 18.8 Å². The monoisotopic (exact) mass is 173 g/mol. The van der Waals surface area contributed by atoms with E-state index in [9.17, 15) is 0 Å². The fraction of sp³-hybridized carbons (Fsp3) is 1.00. The molecule has 0 aliphatic heterocycles. The fourth-order valence-electron chi connectivity index (χ4n) is 1.20. The van der Waals surface area contributed by atoms with Crippen molar-refractivity contribution in [3.05, 3.63) is 0 Å². The SMILES string of the molecule is CCCOCC(N)C(C)CCC. The summed E-state index contributed by atoms with van der Waals surface area (Å²) in [6.45, 7) is 8.06. The van der Waals surface area contributed by atoms with E-state index in [1.807, 2.05) is 0 Å². The molecule has 2 unspecified atom stereocenters. The van der Waals surface area contributed by atoms with E-state index >= 15 is 0 Å². The summed E-state index contributed by atoms with van der Waals surface area (Å²) in [5, 5.41) is 0. The topological polar surface area (TPSA) is 35.2 Å². The summed E-state index contributed by atoms with van der Waals surface area (Å²) in [4.78, 5) is 0. The molecule has 0 amide bonds. The Balaban J connectivity index is 3.35. The molecule has 12 heavy (non-hydrogen) atoms. The van der Waals surface area contributed by atoms with E-state index < -0.39 is 0 Å². The van der Waals surface area contributed by atoms with Gasteiger partial charge in [0.15, 0.2) is 0 Å². The molecule has 0 radical (unpaired) electrons. The summed E-state index contributed by atoms with van der Waals surface area (Å²) in [6.07, 6.45) is 3.49. The molecule has 2 heteroatoms. The molecule has 2 nitrogen and oxygen atoms in total. The highest BCUT2D eigenvalue weighted by Gasteiger charge is 2.10. The Bertz CT molecular complexity index is 95.8. The first-order valence-electron chi connectivity index (χ1n) is 5.05. The minimum absolute atomic E-state index is 0.219. The van der Waals surface area contributed by atoms with Gasteiger partial charge in [-0.2, -0.15) is 0 Å². The van der Waals surface area contributed by atoms with Crippen molar-refractivity contribution in [1.82, 2.24) is 0 Å². The quantitative estimate of drug-likeness (QED) is 0.599. The van der Waals surface area contributed by atoms with Crippen molar-refractivity contribution in [2.75, 3.05) is 13.2 Å². The van der Waals surface area contributed by atoms with Gasteiger partial charge in [-0.3, -0.25) is 0 Å². The summed E-state index contributed by atoms with van der Waals surface area (Å²) >= 11 is 0. The Morgan fingerprint density at radius 3 is 2.42 bits per heavy atom. The second-order valence-corrected chi connectivity index (χ2v) is 3.50. The average Bonchev–Trinajstić information content (AvgIpc) is 2.05. The lowest BCUT2D eigenvalue weighted by molar-refractivity contribution is 0.107. The number of hydrogen-bond acceptors (Lipinski definition) is 2. The highest BCUT2D eigenvalue weighted by atomic mass is 16.5. The van der Waals surface area contributed by atoms with Crippen LogP contribution in [0.25, 0.3) is 0 Å². The van der Waals surface area contributed by atoms with Crippen molar-refractivity contribution in [1.29, 1.82) is 0 Å². The average molecular weight is 173 g/mol. The van der Waals surface area contributed by atoms with Gasteiger partial charge in [0.05, 0.1) is 6.61 Å². The molecule has 0 aliphatic rings. The Labute approximate surface area is 76.5 Å². The lowest BCUT2D eigenvalue weighted by Gasteiger charge is -2.18. The van der Waals surface area contributed by atoms with Gasteiger partial charge >= 0.3 is 0 Å². The Kier molecular flexibility index (Phi) is 7.51. The molecule has 0 aromatic heterocycles. The van der Waals surface area contributed by atoms with Gasteiger partial charge in [0.1, 0.15) is 0 Å². The van der Waals surface area contributed by atoms with E-state index in [4.69, 9.17) is 10.5 Å². The third-order valence-corrected chi connectivity index (χ3v) is 2.13. The molecular formula is C10H23NO. The summed E-state index contributed by atoms with van der Waals surface area (Å²) in [5.41, 5.74) is 5.92. The van der Waals surface area contributed by atoms with Crippen molar-refractivity contribution in [2.24, 2.45) is 11.7 Å². The van der Waals surface area contributed by atoms with E-state index in [-0.39, 0.29) is 6.04 Å². The van der Waals surface area contributed by atoms with Gasteiger partial charge in [-0.1, -0.05) is 27.2 Å². The maximum absolute atomic E-state index is 5.92. The number of rotatable bonds is 7. The van der Waals surface area contributed by atoms with Crippen LogP contribution in [0.15, 0.2) is 0 Å². The van der Waals surface area contributed by atoms with Crippen LogP contribution >= 0.6 is 0 Å². The van der Waals surface area contributed by atoms with Crippen LogP contribution in [0.3, 0.4) is 0 Å². The Morgan fingerprint density at radius 2 is 1.92 bits per heavy atom. The molecule has 0 heterocycles. The second-order valence-electron chi connectivity index (χ2n) is 3.50. The van der Waals surface area contributed by atoms with Gasteiger partial charge < -0.3 is 10.5 Å². The molecule has 2 N–H and O–H groups in total. The Hall–Kier alpha value is -0.0800. The van der Waals surface area contributed by atoms with Crippen molar-refractivity contribution >= 4 is 0 Å². The molecular weight excluding hydrogens is 150 g/mol. The van der Waals surface area contributed by atoms with Crippen LogP contribution in [0.5, 0.6) is 0 Å². The largest absolute Gasteiger partial charge is 0.380 e. The van der Waals surface area contributed by atoms with E-state index in [0.717, 1.165) is 19.6 Å². The third-order valence-electron chi connectivity index (χ3n) is 2.13. The van der Waals surface area contributed by atoms with E-state index in [1.54, 1.807) is 0 Å². The van der Waals surface area contributed by atoms with Crippen LogP contribution in [0.1, 0.15) is 40.0 Å². The van der Waals surface area contributed by atoms with Crippen LogP contribution in [0.2, 0.25) is 0 Å². The molecule has 0 rings (SSSR count). The molecule has 74 valence electrons. The van der Waals surface area contributed by atoms with Crippen molar-refractivity contribution < 1.29 is 4.74 Å². The van der Waals surface area contributed by atoms with Crippen LogP contribution in [0, 0.1) is 5.92 Å². The fourth-order valence-corrected chi connectivity index (χ4v) is 1.20. The van der Waals surface area contributed by atoms with Gasteiger partial charge in [0.2, 0.25) is 0 Å². The highest BCUT2D eigenvalue weighted by Crippen LogP contribution is 2.08. The zero-order valence-electron chi connectivity index (χ0n) is 8.68. The molecule has 0 fully saturated rings. The van der Waals surface area contributed by atoms with Crippen molar-refractivity contribution in [2.45, 2.75) is 46.1 Å². The van der Waals surface area contributed by atoms with E-state index in [0.29, 0.717) is 5.92 Å². The number of hydrogen-bond donors (Lipinski definition) is 1. The normalized spacial score (nSPS) is 16.0. The molecule has 0 aromatic rings. The molecule has 0 saturated heterocycles. The standard InChI is InChI=1S/C10H23NO/c1-4-6-9(3)10(11)8-12-7-5-2/h9-10H,4-8,11H2,1-3H3. The first-order valence-corrected chi connectivity index (χ1v) is 5.05. The van der Waals surface area contributed by atoms with Gasteiger partial charge in [-0.15, -0.1) is 0 Å². The van der Waals surface area contributed by atoms with E-state index in [2.05, 4.69) is 20.8 Å². The minimum atomic E-state index is 0.219. The van der Waals surface area contributed by atoms with Crippen LogP contribution in [-0.2, 0) is 4.74 Å². The van der Waals surface area contributed by atoms with Crippen LogP contribution < -0.4 is 5.73 Å². The van der Waals surface area contributed by atoms with Crippen LogP contribution in [-0.4, -0.2) is 19.3 Å². The van der Waals surface area contributed by atoms with Gasteiger partial charge in [0.25, 0.3) is 0 Å².